The molecule has 2 heterocycles. The van der Waals surface area contributed by atoms with E-state index in [9.17, 15) is 4.79 Å². The number of anilines is 1. The van der Waals surface area contributed by atoms with Crippen molar-refractivity contribution in [1.29, 1.82) is 0 Å². The molecule has 2 aliphatic rings. The number of rotatable bonds is 5. The fourth-order valence-corrected chi connectivity index (χ4v) is 2.88. The summed E-state index contributed by atoms with van der Waals surface area (Å²) in [5.74, 6) is 1.88. The second kappa shape index (κ2) is 6.44. The number of benzene rings is 1. The van der Waals surface area contributed by atoms with Gasteiger partial charge in [0.1, 0.15) is 11.5 Å². The molecule has 0 saturated carbocycles. The van der Waals surface area contributed by atoms with E-state index in [1.165, 1.54) is 0 Å². The highest BCUT2D eigenvalue weighted by Crippen LogP contribution is 2.30. The van der Waals surface area contributed by atoms with Gasteiger partial charge in [-0.15, -0.1) is 0 Å². The van der Waals surface area contributed by atoms with Crippen molar-refractivity contribution in [3.63, 3.8) is 0 Å². The highest BCUT2D eigenvalue weighted by atomic mass is 16.5. The highest BCUT2D eigenvalue weighted by Gasteiger charge is 2.30. The van der Waals surface area contributed by atoms with E-state index < -0.39 is 0 Å². The summed E-state index contributed by atoms with van der Waals surface area (Å²) in [7, 11) is 3.30. The van der Waals surface area contributed by atoms with E-state index in [-0.39, 0.29) is 17.9 Å². The highest BCUT2D eigenvalue weighted by molar-refractivity contribution is 5.80. The van der Waals surface area contributed by atoms with E-state index in [1.807, 2.05) is 18.2 Å². The Morgan fingerprint density at radius 3 is 2.45 bits per heavy atom. The van der Waals surface area contributed by atoms with Gasteiger partial charge in [0.05, 0.1) is 20.1 Å². The van der Waals surface area contributed by atoms with Gasteiger partial charge < -0.3 is 25.0 Å². The monoisotopic (exact) mass is 305 g/mol. The van der Waals surface area contributed by atoms with Crippen LogP contribution in [0.1, 0.15) is 6.42 Å². The normalized spacial score (nSPS) is 21.4. The molecule has 3 rings (SSSR count). The first-order chi connectivity index (χ1) is 10.7. The van der Waals surface area contributed by atoms with Crippen molar-refractivity contribution >= 4 is 11.6 Å². The maximum absolute atomic E-state index is 12.0. The fraction of sp³-hybridized carbons (Fsp3) is 0.562. The Labute approximate surface area is 130 Å². The molecule has 120 valence electrons. The van der Waals surface area contributed by atoms with Crippen LogP contribution in [0.15, 0.2) is 18.2 Å². The van der Waals surface area contributed by atoms with Gasteiger partial charge in [-0.1, -0.05) is 0 Å². The minimum absolute atomic E-state index is 0.144. The lowest BCUT2D eigenvalue weighted by Gasteiger charge is -2.27. The predicted molar refractivity (Wildman–Crippen MR) is 84.7 cm³/mol. The van der Waals surface area contributed by atoms with Crippen LogP contribution in [0, 0.1) is 5.92 Å². The molecule has 22 heavy (non-hydrogen) atoms. The summed E-state index contributed by atoms with van der Waals surface area (Å²) in [5.41, 5.74) is 1.07. The van der Waals surface area contributed by atoms with Crippen LogP contribution in [0.2, 0.25) is 0 Å². The molecule has 0 aliphatic carbocycles. The van der Waals surface area contributed by atoms with Gasteiger partial charge in [-0.25, -0.2) is 0 Å². The van der Waals surface area contributed by atoms with Gasteiger partial charge in [0, 0.05) is 56.1 Å². The van der Waals surface area contributed by atoms with Crippen LogP contribution in [0.25, 0.3) is 0 Å². The summed E-state index contributed by atoms with van der Waals surface area (Å²) >= 11 is 0. The van der Waals surface area contributed by atoms with Crippen LogP contribution >= 0.6 is 0 Å². The summed E-state index contributed by atoms with van der Waals surface area (Å²) in [6.07, 6.45) is 0.964. The maximum atomic E-state index is 12.0. The van der Waals surface area contributed by atoms with Crippen molar-refractivity contribution in [3.05, 3.63) is 18.2 Å². The third-order valence-electron chi connectivity index (χ3n) is 4.39. The predicted octanol–water partition coefficient (Wildman–Crippen LogP) is 0.618. The average molecular weight is 305 g/mol. The van der Waals surface area contributed by atoms with E-state index in [0.29, 0.717) is 0 Å². The molecule has 6 heteroatoms. The van der Waals surface area contributed by atoms with Crippen molar-refractivity contribution in [2.75, 3.05) is 45.3 Å². The van der Waals surface area contributed by atoms with Crippen molar-refractivity contribution in [3.8, 4) is 11.5 Å². The summed E-state index contributed by atoms with van der Waals surface area (Å²) < 4.78 is 10.6. The van der Waals surface area contributed by atoms with Gasteiger partial charge in [0.25, 0.3) is 0 Å². The second-order valence-electron chi connectivity index (χ2n) is 5.87. The molecule has 0 bridgehead atoms. The Kier molecular flexibility index (Phi) is 4.38. The van der Waals surface area contributed by atoms with Gasteiger partial charge in [-0.3, -0.25) is 4.79 Å². The Hall–Kier alpha value is -1.95. The Morgan fingerprint density at radius 2 is 1.91 bits per heavy atom. The SMILES string of the molecule is COc1cc(OC)cc(N2CCC(NC(=O)C3CNC3)C2)c1. The molecule has 6 nitrogen and oxygen atoms in total. The molecule has 1 aromatic rings. The number of nitrogens with zero attached hydrogens (tertiary/aromatic N) is 1. The Balaban J connectivity index is 1.63. The van der Waals surface area contributed by atoms with Crippen molar-refractivity contribution in [2.24, 2.45) is 5.92 Å². The van der Waals surface area contributed by atoms with E-state index in [2.05, 4.69) is 15.5 Å². The third kappa shape index (κ3) is 3.11. The van der Waals surface area contributed by atoms with Crippen molar-refractivity contribution in [1.82, 2.24) is 10.6 Å². The minimum Gasteiger partial charge on any atom is -0.497 e. The number of carbonyl (C=O) groups excluding carboxylic acids is 1. The van der Waals surface area contributed by atoms with Gasteiger partial charge >= 0.3 is 0 Å². The third-order valence-corrected chi connectivity index (χ3v) is 4.39. The number of hydrogen-bond donors (Lipinski definition) is 2. The summed E-state index contributed by atoms with van der Waals surface area (Å²) in [6, 6.07) is 6.08. The molecule has 0 radical (unpaired) electrons. The summed E-state index contributed by atoms with van der Waals surface area (Å²) in [5, 5.41) is 6.28. The molecule has 2 fully saturated rings. The lowest BCUT2D eigenvalue weighted by atomic mass is 10.0. The van der Waals surface area contributed by atoms with Crippen molar-refractivity contribution in [2.45, 2.75) is 12.5 Å². The molecular formula is C16H23N3O3. The number of methoxy groups -OCH3 is 2. The Bertz CT molecular complexity index is 523. The number of carbonyl (C=O) groups is 1. The molecule has 0 aromatic heterocycles. The molecule has 1 unspecified atom stereocenters. The molecular weight excluding hydrogens is 282 g/mol. The molecule has 1 aromatic carbocycles. The van der Waals surface area contributed by atoms with Gasteiger partial charge in [-0.05, 0) is 6.42 Å². The van der Waals surface area contributed by atoms with Crippen LogP contribution in [0.4, 0.5) is 5.69 Å². The second-order valence-corrected chi connectivity index (χ2v) is 5.87. The topological polar surface area (TPSA) is 62.8 Å². The average Bonchev–Trinajstić information content (AvgIpc) is 2.93. The first-order valence-electron chi connectivity index (χ1n) is 7.68. The van der Waals surface area contributed by atoms with Crippen LogP contribution in [-0.4, -0.2) is 52.3 Å². The largest absolute Gasteiger partial charge is 0.497 e. The van der Waals surface area contributed by atoms with Crippen LogP contribution in [-0.2, 0) is 4.79 Å². The molecule has 0 spiro atoms. The van der Waals surface area contributed by atoms with E-state index in [4.69, 9.17) is 9.47 Å². The minimum atomic E-state index is 0.144. The molecule has 2 aliphatic heterocycles. The zero-order valence-corrected chi connectivity index (χ0v) is 13.1. The molecule has 2 N–H and O–H groups in total. The zero-order chi connectivity index (χ0) is 15.5. The van der Waals surface area contributed by atoms with E-state index in [0.717, 1.165) is 49.8 Å². The van der Waals surface area contributed by atoms with Crippen LogP contribution in [0.3, 0.4) is 0 Å². The van der Waals surface area contributed by atoms with Crippen LogP contribution < -0.4 is 25.0 Å². The van der Waals surface area contributed by atoms with E-state index >= 15 is 0 Å². The van der Waals surface area contributed by atoms with Crippen LogP contribution in [0.5, 0.6) is 11.5 Å². The summed E-state index contributed by atoms with van der Waals surface area (Å²) in [4.78, 5) is 14.3. The zero-order valence-electron chi connectivity index (χ0n) is 13.1. The lowest BCUT2D eigenvalue weighted by molar-refractivity contribution is -0.127. The standard InChI is InChI=1S/C16H23N3O3/c1-21-14-5-13(6-15(7-14)22-2)19-4-3-12(10-19)18-16(20)11-8-17-9-11/h5-7,11-12,17H,3-4,8-10H2,1-2H3,(H,18,20). The maximum Gasteiger partial charge on any atom is 0.225 e. The number of hydrogen-bond acceptors (Lipinski definition) is 5. The van der Waals surface area contributed by atoms with Gasteiger partial charge in [0.15, 0.2) is 0 Å². The number of amides is 1. The Morgan fingerprint density at radius 1 is 1.23 bits per heavy atom. The number of nitrogens with one attached hydrogen (secondary N) is 2. The van der Waals surface area contributed by atoms with Gasteiger partial charge in [0.2, 0.25) is 5.91 Å². The quantitative estimate of drug-likeness (QED) is 0.835. The summed E-state index contributed by atoms with van der Waals surface area (Å²) in [6.45, 7) is 3.34. The molecule has 1 amide bonds. The first-order valence-corrected chi connectivity index (χ1v) is 7.68. The smallest absolute Gasteiger partial charge is 0.225 e. The molecule has 2 saturated heterocycles. The lowest BCUT2D eigenvalue weighted by Crippen LogP contribution is -2.53. The molecule has 1 atom stereocenters. The first kappa shape index (κ1) is 15.0. The van der Waals surface area contributed by atoms with Gasteiger partial charge in [-0.2, -0.15) is 0 Å². The fourth-order valence-electron chi connectivity index (χ4n) is 2.88. The van der Waals surface area contributed by atoms with E-state index in [1.54, 1.807) is 14.2 Å². The van der Waals surface area contributed by atoms with Crippen molar-refractivity contribution < 1.29 is 14.3 Å². The number of ether oxygens (including phenoxy) is 2.